The molecule has 0 saturated carbocycles. The Morgan fingerprint density at radius 2 is 1.76 bits per heavy atom. The Bertz CT molecular complexity index is 711. The summed E-state index contributed by atoms with van der Waals surface area (Å²) in [6.45, 7) is 4.83. The van der Waals surface area contributed by atoms with Crippen molar-refractivity contribution in [3.63, 3.8) is 0 Å². The number of rotatable bonds is 7. The molecule has 0 bridgehead atoms. The van der Waals surface area contributed by atoms with Gasteiger partial charge in [-0.3, -0.25) is 0 Å². The van der Waals surface area contributed by atoms with Gasteiger partial charge in [-0.1, -0.05) is 55.3 Å². The highest BCUT2D eigenvalue weighted by Crippen LogP contribution is 2.16. The first-order valence-corrected chi connectivity index (χ1v) is 8.46. The van der Waals surface area contributed by atoms with Crippen LogP contribution in [0.1, 0.15) is 41.3 Å². The topological polar surface area (TPSA) is 67.4 Å². The number of anilines is 1. The van der Waals surface area contributed by atoms with E-state index < -0.39 is 5.97 Å². The van der Waals surface area contributed by atoms with Gasteiger partial charge in [-0.05, 0) is 31.0 Å². The molecule has 132 valence electrons. The van der Waals surface area contributed by atoms with E-state index in [1.165, 1.54) is 5.56 Å². The lowest BCUT2D eigenvalue weighted by molar-refractivity contribution is 0.0501. The van der Waals surface area contributed by atoms with Crippen molar-refractivity contribution < 1.29 is 14.3 Å². The summed E-state index contributed by atoms with van der Waals surface area (Å²) in [7, 11) is 0. The Morgan fingerprint density at radius 1 is 1.04 bits per heavy atom. The van der Waals surface area contributed by atoms with Crippen molar-refractivity contribution in [2.45, 2.75) is 33.2 Å². The first kappa shape index (κ1) is 18.5. The minimum atomic E-state index is -0.428. The molecule has 2 aromatic carbocycles. The fourth-order valence-corrected chi connectivity index (χ4v) is 2.21. The smallest absolute Gasteiger partial charge is 0.340 e. The Labute approximate surface area is 148 Å². The van der Waals surface area contributed by atoms with E-state index in [4.69, 9.17) is 4.74 Å². The molecular weight excluding hydrogens is 316 g/mol. The predicted octanol–water partition coefficient (Wildman–Crippen LogP) is 4.27. The van der Waals surface area contributed by atoms with E-state index in [0.29, 0.717) is 24.4 Å². The van der Waals surface area contributed by atoms with Crippen LogP contribution in [0.4, 0.5) is 10.5 Å². The molecule has 2 amide bonds. The summed E-state index contributed by atoms with van der Waals surface area (Å²) < 4.78 is 5.22. The van der Waals surface area contributed by atoms with E-state index >= 15 is 0 Å². The fraction of sp³-hybridized carbons (Fsp3) is 0.300. The summed E-state index contributed by atoms with van der Waals surface area (Å²) in [5.74, 6) is -0.428. The maximum atomic E-state index is 12.1. The van der Waals surface area contributed by atoms with Gasteiger partial charge in [-0.2, -0.15) is 0 Å². The van der Waals surface area contributed by atoms with Crippen LogP contribution in [-0.4, -0.2) is 18.6 Å². The van der Waals surface area contributed by atoms with Crippen molar-refractivity contribution in [1.29, 1.82) is 0 Å². The maximum Gasteiger partial charge on any atom is 0.340 e. The Balaban J connectivity index is 1.93. The highest BCUT2D eigenvalue weighted by molar-refractivity contribution is 6.00. The van der Waals surface area contributed by atoms with E-state index in [2.05, 4.69) is 10.6 Å². The van der Waals surface area contributed by atoms with Crippen molar-refractivity contribution in [3.05, 3.63) is 65.2 Å². The average Bonchev–Trinajstić information content (AvgIpc) is 2.62. The number of para-hydroxylation sites is 1. The zero-order valence-electron chi connectivity index (χ0n) is 14.7. The molecule has 2 N–H and O–H groups in total. The molecule has 0 aliphatic heterocycles. The quantitative estimate of drug-likeness (QED) is 0.584. The summed E-state index contributed by atoms with van der Waals surface area (Å²) in [6, 6.07) is 14.4. The molecule has 5 nitrogen and oxygen atoms in total. The van der Waals surface area contributed by atoms with E-state index in [-0.39, 0.29) is 6.03 Å². The number of unbranched alkanes of at least 4 members (excludes halogenated alkanes) is 1. The second-order valence-electron chi connectivity index (χ2n) is 5.83. The Morgan fingerprint density at radius 3 is 2.48 bits per heavy atom. The van der Waals surface area contributed by atoms with Crippen molar-refractivity contribution >= 4 is 17.7 Å². The minimum Gasteiger partial charge on any atom is -0.462 e. The number of esters is 1. The third kappa shape index (κ3) is 5.95. The van der Waals surface area contributed by atoms with Crippen LogP contribution in [0.25, 0.3) is 0 Å². The van der Waals surface area contributed by atoms with Gasteiger partial charge in [0.15, 0.2) is 0 Å². The number of ether oxygens (including phenoxy) is 1. The first-order chi connectivity index (χ1) is 12.1. The van der Waals surface area contributed by atoms with Gasteiger partial charge in [0.2, 0.25) is 0 Å². The molecule has 2 rings (SSSR count). The number of amides is 2. The molecule has 0 unspecified atom stereocenters. The summed E-state index contributed by atoms with van der Waals surface area (Å²) in [5.41, 5.74) is 2.96. The number of benzene rings is 2. The van der Waals surface area contributed by atoms with Gasteiger partial charge < -0.3 is 15.4 Å². The largest absolute Gasteiger partial charge is 0.462 e. The molecule has 0 spiro atoms. The van der Waals surface area contributed by atoms with Crippen molar-refractivity contribution in [1.82, 2.24) is 5.32 Å². The molecule has 0 heterocycles. The number of carbonyl (C=O) groups excluding carboxylic acids is 2. The summed E-state index contributed by atoms with van der Waals surface area (Å²) >= 11 is 0. The van der Waals surface area contributed by atoms with Gasteiger partial charge >= 0.3 is 12.0 Å². The summed E-state index contributed by atoms with van der Waals surface area (Å²) in [4.78, 5) is 24.3. The van der Waals surface area contributed by atoms with Gasteiger partial charge in [-0.15, -0.1) is 0 Å². The normalized spacial score (nSPS) is 10.2. The standard InChI is InChI=1S/C20H24N2O3/c1-3-4-13-25-19(23)17-7-5-6-8-18(17)22-20(24)21-14-16-11-9-15(2)10-12-16/h5-12H,3-4,13-14H2,1-2H3,(H2,21,22,24). The average molecular weight is 340 g/mol. The van der Waals surface area contributed by atoms with Crippen LogP contribution >= 0.6 is 0 Å². The number of urea groups is 1. The molecule has 0 aliphatic rings. The molecule has 0 fully saturated rings. The highest BCUT2D eigenvalue weighted by atomic mass is 16.5. The minimum absolute atomic E-state index is 0.351. The molecule has 2 aromatic rings. The molecule has 25 heavy (non-hydrogen) atoms. The van der Waals surface area contributed by atoms with Gasteiger partial charge in [0, 0.05) is 6.54 Å². The number of nitrogens with one attached hydrogen (secondary N) is 2. The number of aryl methyl sites for hydroxylation is 1. The number of carbonyl (C=O) groups is 2. The van der Waals surface area contributed by atoms with E-state index in [1.807, 2.05) is 38.1 Å². The SMILES string of the molecule is CCCCOC(=O)c1ccccc1NC(=O)NCc1ccc(C)cc1. The Kier molecular flexibility index (Phi) is 7.01. The van der Waals surface area contributed by atoms with Crippen LogP contribution in [0, 0.1) is 6.92 Å². The predicted molar refractivity (Wildman–Crippen MR) is 98.7 cm³/mol. The first-order valence-electron chi connectivity index (χ1n) is 8.46. The lowest BCUT2D eigenvalue weighted by Crippen LogP contribution is -2.29. The van der Waals surface area contributed by atoms with Crippen LogP contribution in [0.5, 0.6) is 0 Å². The zero-order valence-corrected chi connectivity index (χ0v) is 14.7. The molecule has 0 radical (unpaired) electrons. The molecule has 0 aromatic heterocycles. The van der Waals surface area contributed by atoms with E-state index in [0.717, 1.165) is 18.4 Å². The molecule has 5 heteroatoms. The maximum absolute atomic E-state index is 12.1. The van der Waals surface area contributed by atoms with E-state index in [9.17, 15) is 9.59 Å². The molecular formula is C20H24N2O3. The second kappa shape index (κ2) is 9.47. The van der Waals surface area contributed by atoms with Crippen LogP contribution < -0.4 is 10.6 Å². The summed E-state index contributed by atoms with van der Waals surface area (Å²) in [5, 5.41) is 5.50. The van der Waals surface area contributed by atoms with Gasteiger partial charge in [-0.25, -0.2) is 9.59 Å². The third-order valence-corrected chi connectivity index (χ3v) is 3.70. The number of hydrogen-bond donors (Lipinski definition) is 2. The second-order valence-corrected chi connectivity index (χ2v) is 5.83. The van der Waals surface area contributed by atoms with Crippen molar-refractivity contribution in [2.24, 2.45) is 0 Å². The lowest BCUT2D eigenvalue weighted by Gasteiger charge is -2.12. The van der Waals surface area contributed by atoms with E-state index in [1.54, 1.807) is 24.3 Å². The molecule has 0 saturated heterocycles. The lowest BCUT2D eigenvalue weighted by atomic mass is 10.1. The van der Waals surface area contributed by atoms with Gasteiger partial charge in [0.1, 0.15) is 0 Å². The van der Waals surface area contributed by atoms with Gasteiger partial charge in [0.05, 0.1) is 17.9 Å². The van der Waals surface area contributed by atoms with Crippen LogP contribution in [0.2, 0.25) is 0 Å². The summed E-state index contributed by atoms with van der Waals surface area (Å²) in [6.07, 6.45) is 1.77. The molecule has 0 aliphatic carbocycles. The highest BCUT2D eigenvalue weighted by Gasteiger charge is 2.14. The third-order valence-electron chi connectivity index (χ3n) is 3.70. The zero-order chi connectivity index (χ0) is 18.1. The van der Waals surface area contributed by atoms with Crippen molar-refractivity contribution in [2.75, 3.05) is 11.9 Å². The van der Waals surface area contributed by atoms with Crippen LogP contribution in [0.3, 0.4) is 0 Å². The monoisotopic (exact) mass is 340 g/mol. The van der Waals surface area contributed by atoms with Crippen LogP contribution in [0.15, 0.2) is 48.5 Å². The van der Waals surface area contributed by atoms with Gasteiger partial charge in [0.25, 0.3) is 0 Å². The van der Waals surface area contributed by atoms with Crippen LogP contribution in [-0.2, 0) is 11.3 Å². The Hall–Kier alpha value is -2.82. The van der Waals surface area contributed by atoms with Crippen molar-refractivity contribution in [3.8, 4) is 0 Å². The number of hydrogen-bond acceptors (Lipinski definition) is 3. The molecule has 0 atom stereocenters. The fourth-order valence-electron chi connectivity index (χ4n) is 2.21.